The first-order chi connectivity index (χ1) is 9.09. The lowest BCUT2D eigenvalue weighted by molar-refractivity contribution is -0.121. The molecule has 4 heteroatoms. The monoisotopic (exact) mass is 263 g/mol. The number of rotatable bonds is 9. The maximum absolute atomic E-state index is 10.8. The highest BCUT2D eigenvalue weighted by Crippen LogP contribution is 2.02. The molecule has 0 saturated carbocycles. The van der Waals surface area contributed by atoms with Crippen LogP contribution in [0.15, 0.2) is 30.3 Å². The van der Waals surface area contributed by atoms with Gasteiger partial charge in [-0.15, -0.1) is 0 Å². The smallest absolute Gasteiger partial charge is 0.221 e. The molecule has 106 valence electrons. The zero-order valence-electron chi connectivity index (χ0n) is 11.9. The van der Waals surface area contributed by atoms with Crippen LogP contribution in [0.25, 0.3) is 0 Å². The molecular formula is C15H25N3O. The molecule has 1 aromatic carbocycles. The van der Waals surface area contributed by atoms with Gasteiger partial charge >= 0.3 is 0 Å². The standard InChI is InChI=1S/C15H25N3O/c1-13(15(16)19)11-17-9-6-10-18(2)12-14-7-4-3-5-8-14/h3-5,7-8,13,17H,6,9-12H2,1-2H3,(H2,16,19). The molecule has 1 unspecified atom stereocenters. The third-order valence-corrected chi connectivity index (χ3v) is 3.12. The minimum Gasteiger partial charge on any atom is -0.369 e. The van der Waals surface area contributed by atoms with Gasteiger partial charge in [-0.05, 0) is 32.1 Å². The Balaban J connectivity index is 2.08. The van der Waals surface area contributed by atoms with Gasteiger partial charge in [-0.25, -0.2) is 0 Å². The first-order valence-corrected chi connectivity index (χ1v) is 6.82. The van der Waals surface area contributed by atoms with Gasteiger partial charge in [0.25, 0.3) is 0 Å². The lowest BCUT2D eigenvalue weighted by atomic mass is 10.2. The fraction of sp³-hybridized carbons (Fsp3) is 0.533. The summed E-state index contributed by atoms with van der Waals surface area (Å²) in [5.41, 5.74) is 6.53. The Hall–Kier alpha value is -1.39. The molecule has 0 bridgehead atoms. The summed E-state index contributed by atoms with van der Waals surface area (Å²) in [6.45, 7) is 5.43. The number of nitrogens with two attached hydrogens (primary N) is 1. The van der Waals surface area contributed by atoms with E-state index in [1.54, 1.807) is 0 Å². The Morgan fingerprint density at radius 3 is 2.68 bits per heavy atom. The van der Waals surface area contributed by atoms with E-state index in [1.165, 1.54) is 5.56 Å². The minimum atomic E-state index is -0.242. The van der Waals surface area contributed by atoms with Crippen LogP contribution < -0.4 is 11.1 Å². The molecule has 0 spiro atoms. The molecule has 1 rings (SSSR count). The van der Waals surface area contributed by atoms with Gasteiger partial charge < -0.3 is 16.0 Å². The van der Waals surface area contributed by atoms with Gasteiger partial charge in [-0.3, -0.25) is 4.79 Å². The Bertz CT molecular complexity index is 367. The van der Waals surface area contributed by atoms with E-state index in [4.69, 9.17) is 5.73 Å². The first kappa shape index (κ1) is 15.7. The van der Waals surface area contributed by atoms with Gasteiger partial charge in [0.05, 0.1) is 0 Å². The van der Waals surface area contributed by atoms with Crippen LogP contribution in [0, 0.1) is 5.92 Å². The number of nitrogens with zero attached hydrogens (tertiary/aromatic N) is 1. The van der Waals surface area contributed by atoms with E-state index in [0.29, 0.717) is 6.54 Å². The second-order valence-corrected chi connectivity index (χ2v) is 5.08. The third-order valence-electron chi connectivity index (χ3n) is 3.12. The summed E-state index contributed by atoms with van der Waals surface area (Å²) in [6, 6.07) is 10.5. The van der Waals surface area contributed by atoms with Crippen molar-refractivity contribution in [3.63, 3.8) is 0 Å². The zero-order chi connectivity index (χ0) is 14.1. The van der Waals surface area contributed by atoms with Crippen LogP contribution in [0.3, 0.4) is 0 Å². The number of hydrogen-bond acceptors (Lipinski definition) is 3. The summed E-state index contributed by atoms with van der Waals surface area (Å²) in [6.07, 6.45) is 1.06. The van der Waals surface area contributed by atoms with Crippen molar-refractivity contribution >= 4 is 5.91 Å². The van der Waals surface area contributed by atoms with Gasteiger partial charge in [0.1, 0.15) is 0 Å². The average molecular weight is 263 g/mol. The lowest BCUT2D eigenvalue weighted by Gasteiger charge is -2.17. The number of carbonyl (C=O) groups is 1. The van der Waals surface area contributed by atoms with Crippen LogP contribution in [0.5, 0.6) is 0 Å². The van der Waals surface area contributed by atoms with Crippen molar-refractivity contribution in [2.45, 2.75) is 19.9 Å². The van der Waals surface area contributed by atoms with Gasteiger partial charge in [-0.1, -0.05) is 37.3 Å². The maximum atomic E-state index is 10.8. The Morgan fingerprint density at radius 2 is 2.05 bits per heavy atom. The lowest BCUT2D eigenvalue weighted by Crippen LogP contribution is -2.32. The molecule has 1 amide bonds. The summed E-state index contributed by atoms with van der Waals surface area (Å²) in [5, 5.41) is 3.26. The quantitative estimate of drug-likeness (QED) is 0.659. The SMILES string of the molecule is CC(CNCCCN(C)Cc1ccccc1)C(N)=O. The van der Waals surface area contributed by atoms with Crippen LogP contribution in [0.1, 0.15) is 18.9 Å². The van der Waals surface area contributed by atoms with Gasteiger partial charge in [0.15, 0.2) is 0 Å². The molecule has 0 radical (unpaired) electrons. The normalized spacial score (nSPS) is 12.6. The van der Waals surface area contributed by atoms with Crippen LogP contribution in [0.4, 0.5) is 0 Å². The highest BCUT2D eigenvalue weighted by molar-refractivity contribution is 5.76. The molecule has 1 atom stereocenters. The van der Waals surface area contributed by atoms with Crippen LogP contribution in [0.2, 0.25) is 0 Å². The molecule has 0 fully saturated rings. The largest absolute Gasteiger partial charge is 0.369 e. The number of carbonyl (C=O) groups excluding carboxylic acids is 1. The summed E-state index contributed by atoms with van der Waals surface area (Å²) < 4.78 is 0. The maximum Gasteiger partial charge on any atom is 0.221 e. The van der Waals surface area contributed by atoms with Crippen molar-refractivity contribution in [3.8, 4) is 0 Å². The van der Waals surface area contributed by atoms with Crippen LogP contribution >= 0.6 is 0 Å². The number of amides is 1. The van der Waals surface area contributed by atoms with Crippen molar-refractivity contribution in [1.29, 1.82) is 0 Å². The molecule has 19 heavy (non-hydrogen) atoms. The minimum absolute atomic E-state index is 0.0953. The van der Waals surface area contributed by atoms with Crippen molar-refractivity contribution in [3.05, 3.63) is 35.9 Å². The number of benzene rings is 1. The molecule has 0 aliphatic rings. The number of hydrogen-bond donors (Lipinski definition) is 2. The van der Waals surface area contributed by atoms with Crippen molar-refractivity contribution in [2.24, 2.45) is 11.7 Å². The first-order valence-electron chi connectivity index (χ1n) is 6.82. The summed E-state index contributed by atoms with van der Waals surface area (Å²) >= 11 is 0. The molecule has 4 nitrogen and oxygen atoms in total. The van der Waals surface area contributed by atoms with E-state index in [2.05, 4.69) is 41.5 Å². The van der Waals surface area contributed by atoms with Crippen molar-refractivity contribution < 1.29 is 4.79 Å². The molecule has 0 saturated heterocycles. The molecule has 0 heterocycles. The zero-order valence-corrected chi connectivity index (χ0v) is 11.9. The second-order valence-electron chi connectivity index (χ2n) is 5.08. The van der Waals surface area contributed by atoms with E-state index in [-0.39, 0.29) is 11.8 Å². The molecular weight excluding hydrogens is 238 g/mol. The van der Waals surface area contributed by atoms with Crippen molar-refractivity contribution in [2.75, 3.05) is 26.7 Å². The highest BCUT2D eigenvalue weighted by Gasteiger charge is 2.07. The van der Waals surface area contributed by atoms with E-state index in [1.807, 2.05) is 13.0 Å². The average Bonchev–Trinajstić information content (AvgIpc) is 2.39. The molecule has 0 aliphatic heterocycles. The van der Waals surface area contributed by atoms with Gasteiger partial charge in [0, 0.05) is 19.0 Å². The van der Waals surface area contributed by atoms with Gasteiger partial charge in [-0.2, -0.15) is 0 Å². The van der Waals surface area contributed by atoms with E-state index in [9.17, 15) is 4.79 Å². The molecule has 3 N–H and O–H groups in total. The molecule has 0 aliphatic carbocycles. The predicted molar refractivity (Wildman–Crippen MR) is 78.6 cm³/mol. The molecule has 0 aromatic heterocycles. The predicted octanol–water partition coefficient (Wildman–Crippen LogP) is 1.22. The summed E-state index contributed by atoms with van der Waals surface area (Å²) in [4.78, 5) is 13.1. The number of primary amides is 1. The van der Waals surface area contributed by atoms with E-state index >= 15 is 0 Å². The third kappa shape index (κ3) is 6.94. The van der Waals surface area contributed by atoms with Gasteiger partial charge in [0.2, 0.25) is 5.91 Å². The topological polar surface area (TPSA) is 58.4 Å². The fourth-order valence-electron chi connectivity index (χ4n) is 1.87. The summed E-state index contributed by atoms with van der Waals surface area (Å²) in [5.74, 6) is -0.337. The van der Waals surface area contributed by atoms with E-state index < -0.39 is 0 Å². The van der Waals surface area contributed by atoms with Crippen LogP contribution in [-0.2, 0) is 11.3 Å². The van der Waals surface area contributed by atoms with Crippen molar-refractivity contribution in [1.82, 2.24) is 10.2 Å². The fourth-order valence-corrected chi connectivity index (χ4v) is 1.87. The van der Waals surface area contributed by atoms with E-state index in [0.717, 1.165) is 26.1 Å². The Kier molecular flexibility index (Phi) is 7.15. The Morgan fingerprint density at radius 1 is 1.37 bits per heavy atom. The van der Waals surface area contributed by atoms with Crippen LogP contribution in [-0.4, -0.2) is 37.5 Å². The Labute approximate surface area is 116 Å². The highest BCUT2D eigenvalue weighted by atomic mass is 16.1. The molecule has 1 aromatic rings. The second kappa shape index (κ2) is 8.67. The number of nitrogens with one attached hydrogen (secondary N) is 1. The summed E-state index contributed by atoms with van der Waals surface area (Å²) in [7, 11) is 2.12.